The largest absolute Gasteiger partial charge is 0.351 e. The summed E-state index contributed by atoms with van der Waals surface area (Å²) in [4.78, 5) is 12.1. The summed E-state index contributed by atoms with van der Waals surface area (Å²) in [6, 6.07) is 1.97. The lowest BCUT2D eigenvalue weighted by atomic mass is 10.1. The Morgan fingerprint density at radius 1 is 1.40 bits per heavy atom. The third kappa shape index (κ3) is 3.60. The third-order valence-corrected chi connectivity index (χ3v) is 3.49. The second kappa shape index (κ2) is 5.95. The van der Waals surface area contributed by atoms with Gasteiger partial charge in [0.25, 0.3) is 5.91 Å². The predicted molar refractivity (Wildman–Crippen MR) is 80.1 cm³/mol. The molecule has 0 aromatic carbocycles. The monoisotopic (exact) mass is 278 g/mol. The van der Waals surface area contributed by atoms with Gasteiger partial charge in [-0.2, -0.15) is 5.10 Å². The minimum atomic E-state index is -0.0808. The van der Waals surface area contributed by atoms with E-state index >= 15 is 0 Å². The summed E-state index contributed by atoms with van der Waals surface area (Å²) in [5.41, 5.74) is 1.67. The van der Waals surface area contributed by atoms with Crippen LogP contribution in [0.3, 0.4) is 0 Å². The maximum atomic E-state index is 12.1. The van der Waals surface area contributed by atoms with Gasteiger partial charge in [0.1, 0.15) is 5.69 Å². The Labute approximate surface area is 121 Å². The van der Waals surface area contributed by atoms with Crippen LogP contribution in [0.15, 0.2) is 6.07 Å². The Kier molecular flexibility index (Phi) is 4.48. The third-order valence-electron chi connectivity index (χ3n) is 3.49. The zero-order valence-electron chi connectivity index (χ0n) is 13.0. The SMILES string of the molecule is CNCCCNC(=O)c1cc(C2CC2)n(C(C)(C)C)n1. The van der Waals surface area contributed by atoms with Gasteiger partial charge in [-0.15, -0.1) is 0 Å². The van der Waals surface area contributed by atoms with Crippen LogP contribution in [-0.4, -0.2) is 35.8 Å². The highest BCUT2D eigenvalue weighted by Gasteiger charge is 2.32. The van der Waals surface area contributed by atoms with Crippen molar-refractivity contribution >= 4 is 5.91 Å². The molecule has 20 heavy (non-hydrogen) atoms. The second-order valence-corrected chi connectivity index (χ2v) is 6.52. The lowest BCUT2D eigenvalue weighted by molar-refractivity contribution is 0.0946. The molecule has 1 saturated carbocycles. The highest BCUT2D eigenvalue weighted by Crippen LogP contribution is 2.41. The summed E-state index contributed by atoms with van der Waals surface area (Å²) in [6.45, 7) is 7.96. The smallest absolute Gasteiger partial charge is 0.271 e. The molecule has 5 heteroatoms. The predicted octanol–water partition coefficient (Wildman–Crippen LogP) is 1.85. The number of nitrogens with one attached hydrogen (secondary N) is 2. The van der Waals surface area contributed by atoms with Crippen LogP contribution >= 0.6 is 0 Å². The number of hydrogen-bond acceptors (Lipinski definition) is 3. The number of hydrogen-bond donors (Lipinski definition) is 2. The molecule has 1 heterocycles. The van der Waals surface area contributed by atoms with Gasteiger partial charge in [0, 0.05) is 18.2 Å². The highest BCUT2D eigenvalue weighted by atomic mass is 16.1. The Morgan fingerprint density at radius 3 is 2.65 bits per heavy atom. The van der Waals surface area contributed by atoms with Crippen LogP contribution in [0.5, 0.6) is 0 Å². The molecular weight excluding hydrogens is 252 g/mol. The quantitative estimate of drug-likeness (QED) is 0.781. The molecule has 1 amide bonds. The molecule has 0 radical (unpaired) electrons. The molecular formula is C15H26N4O. The average molecular weight is 278 g/mol. The lowest BCUT2D eigenvalue weighted by Crippen LogP contribution is -2.28. The molecule has 0 aliphatic heterocycles. The molecule has 2 rings (SSSR count). The fraction of sp³-hybridized carbons (Fsp3) is 0.733. The average Bonchev–Trinajstić information content (AvgIpc) is 3.11. The second-order valence-electron chi connectivity index (χ2n) is 6.52. The molecule has 0 unspecified atom stereocenters. The number of carbonyl (C=O) groups excluding carboxylic acids is 1. The van der Waals surface area contributed by atoms with Gasteiger partial charge in [0.15, 0.2) is 0 Å². The van der Waals surface area contributed by atoms with Gasteiger partial charge < -0.3 is 10.6 Å². The van der Waals surface area contributed by atoms with Crippen LogP contribution in [-0.2, 0) is 5.54 Å². The Morgan fingerprint density at radius 2 is 2.10 bits per heavy atom. The summed E-state index contributed by atoms with van der Waals surface area (Å²) >= 11 is 0. The van der Waals surface area contributed by atoms with Crippen molar-refractivity contribution in [3.63, 3.8) is 0 Å². The van der Waals surface area contributed by atoms with Gasteiger partial charge in [-0.3, -0.25) is 9.48 Å². The van der Waals surface area contributed by atoms with Crippen LogP contribution in [0, 0.1) is 0 Å². The van der Waals surface area contributed by atoms with Crippen molar-refractivity contribution in [3.8, 4) is 0 Å². The number of rotatable bonds is 6. The first kappa shape index (κ1) is 15.0. The maximum absolute atomic E-state index is 12.1. The van der Waals surface area contributed by atoms with Crippen molar-refractivity contribution < 1.29 is 4.79 Å². The van der Waals surface area contributed by atoms with E-state index < -0.39 is 0 Å². The van der Waals surface area contributed by atoms with E-state index in [4.69, 9.17) is 0 Å². The van der Waals surface area contributed by atoms with Crippen LogP contribution < -0.4 is 10.6 Å². The van der Waals surface area contributed by atoms with Crippen molar-refractivity contribution in [3.05, 3.63) is 17.5 Å². The van der Waals surface area contributed by atoms with E-state index in [2.05, 4.69) is 36.5 Å². The first-order valence-corrected chi connectivity index (χ1v) is 7.46. The summed E-state index contributed by atoms with van der Waals surface area (Å²) in [6.07, 6.45) is 3.35. The van der Waals surface area contributed by atoms with Gasteiger partial charge in [-0.25, -0.2) is 0 Å². The van der Waals surface area contributed by atoms with E-state index in [-0.39, 0.29) is 11.4 Å². The number of amides is 1. The normalized spacial score (nSPS) is 15.4. The van der Waals surface area contributed by atoms with E-state index in [1.165, 1.54) is 18.5 Å². The summed E-state index contributed by atoms with van der Waals surface area (Å²) < 4.78 is 2.02. The fourth-order valence-electron chi connectivity index (χ4n) is 2.27. The van der Waals surface area contributed by atoms with Gasteiger partial charge in [-0.1, -0.05) is 0 Å². The van der Waals surface area contributed by atoms with E-state index in [0.717, 1.165) is 13.0 Å². The zero-order valence-corrected chi connectivity index (χ0v) is 13.0. The number of aromatic nitrogens is 2. The first-order chi connectivity index (χ1) is 9.43. The molecule has 1 aliphatic carbocycles. The number of nitrogens with zero attached hydrogens (tertiary/aromatic N) is 2. The Bertz CT molecular complexity index is 469. The summed E-state index contributed by atoms with van der Waals surface area (Å²) in [5.74, 6) is 0.526. The molecule has 1 aliphatic rings. The van der Waals surface area contributed by atoms with Crippen LogP contribution in [0.2, 0.25) is 0 Å². The Hall–Kier alpha value is -1.36. The molecule has 5 nitrogen and oxygen atoms in total. The van der Waals surface area contributed by atoms with Crippen molar-refractivity contribution in [2.24, 2.45) is 0 Å². The van der Waals surface area contributed by atoms with E-state index in [0.29, 0.717) is 18.2 Å². The van der Waals surface area contributed by atoms with E-state index in [1.54, 1.807) is 0 Å². The van der Waals surface area contributed by atoms with Crippen molar-refractivity contribution in [2.45, 2.75) is 51.5 Å². The van der Waals surface area contributed by atoms with Crippen molar-refractivity contribution in [1.82, 2.24) is 20.4 Å². The number of carbonyl (C=O) groups is 1. The molecule has 1 aromatic rings. The fourth-order valence-corrected chi connectivity index (χ4v) is 2.27. The van der Waals surface area contributed by atoms with Crippen molar-refractivity contribution in [2.75, 3.05) is 20.1 Å². The lowest BCUT2D eigenvalue weighted by Gasteiger charge is -2.22. The van der Waals surface area contributed by atoms with E-state index in [9.17, 15) is 4.79 Å². The minimum Gasteiger partial charge on any atom is -0.351 e. The first-order valence-electron chi connectivity index (χ1n) is 7.46. The zero-order chi connectivity index (χ0) is 14.8. The maximum Gasteiger partial charge on any atom is 0.271 e. The summed E-state index contributed by atoms with van der Waals surface area (Å²) in [7, 11) is 1.91. The van der Waals surface area contributed by atoms with Crippen LogP contribution in [0.1, 0.15) is 62.1 Å². The van der Waals surface area contributed by atoms with Crippen LogP contribution in [0.4, 0.5) is 0 Å². The molecule has 1 aromatic heterocycles. The van der Waals surface area contributed by atoms with Crippen LogP contribution in [0.25, 0.3) is 0 Å². The molecule has 1 fully saturated rings. The highest BCUT2D eigenvalue weighted by molar-refractivity contribution is 5.92. The molecule has 112 valence electrons. The van der Waals surface area contributed by atoms with Gasteiger partial charge in [0.2, 0.25) is 0 Å². The molecule has 0 atom stereocenters. The topological polar surface area (TPSA) is 58.9 Å². The van der Waals surface area contributed by atoms with E-state index in [1.807, 2.05) is 17.8 Å². The van der Waals surface area contributed by atoms with Gasteiger partial charge in [0.05, 0.1) is 5.54 Å². The Balaban J connectivity index is 2.06. The molecule has 0 saturated heterocycles. The molecule has 0 spiro atoms. The van der Waals surface area contributed by atoms with Gasteiger partial charge >= 0.3 is 0 Å². The standard InChI is InChI=1S/C15H26N4O/c1-15(2,3)19-13(11-6-7-11)10-12(18-19)14(20)17-9-5-8-16-4/h10-11,16H,5-9H2,1-4H3,(H,17,20). The summed E-state index contributed by atoms with van der Waals surface area (Å²) in [5, 5.41) is 10.5. The minimum absolute atomic E-state index is 0.0639. The van der Waals surface area contributed by atoms with Gasteiger partial charge in [-0.05, 0) is 59.7 Å². The molecule has 2 N–H and O–H groups in total. The molecule has 0 bridgehead atoms. The van der Waals surface area contributed by atoms with Crippen molar-refractivity contribution in [1.29, 1.82) is 0 Å².